The van der Waals surface area contributed by atoms with Crippen LogP contribution in [0.5, 0.6) is 0 Å². The van der Waals surface area contributed by atoms with Crippen LogP contribution in [0.4, 0.5) is 14.9 Å². The summed E-state index contributed by atoms with van der Waals surface area (Å²) in [7, 11) is 0. The largest absolute Gasteiger partial charge is 0.444 e. The molecule has 0 spiro atoms. The summed E-state index contributed by atoms with van der Waals surface area (Å²) in [4.78, 5) is 25.3. The quantitative estimate of drug-likeness (QED) is 0.285. The van der Waals surface area contributed by atoms with Gasteiger partial charge in [0.15, 0.2) is 0 Å². The molecule has 0 aliphatic carbocycles. The number of ether oxygens (including phenoxy) is 1. The summed E-state index contributed by atoms with van der Waals surface area (Å²) < 4.78 is 21.4. The number of alkyl carbamates (subject to hydrolysis) is 1. The zero-order valence-corrected chi connectivity index (χ0v) is 22.2. The highest BCUT2D eigenvalue weighted by atomic mass is 19.1. The van der Waals surface area contributed by atoms with Crippen molar-refractivity contribution in [2.45, 2.75) is 45.9 Å². The SMILES string of the molecule is Cc1cc(C(=O)Nc2cc(C(O)c3ccccc3)ccc2F)n(-c2cccc(CNC(=O)OC(C)(C)C)c2)n1. The molecule has 3 aromatic carbocycles. The van der Waals surface area contributed by atoms with Crippen molar-refractivity contribution in [2.24, 2.45) is 0 Å². The lowest BCUT2D eigenvalue weighted by Gasteiger charge is -2.19. The van der Waals surface area contributed by atoms with Crippen molar-refractivity contribution in [1.82, 2.24) is 15.1 Å². The van der Waals surface area contributed by atoms with Crippen molar-refractivity contribution in [1.29, 1.82) is 0 Å². The number of nitrogens with one attached hydrogen (secondary N) is 2. The Balaban J connectivity index is 1.54. The number of carbonyl (C=O) groups is 2. The molecule has 8 nitrogen and oxygen atoms in total. The summed E-state index contributed by atoms with van der Waals surface area (Å²) in [5.41, 5.74) is 2.55. The fourth-order valence-corrected chi connectivity index (χ4v) is 3.97. The second-order valence-electron chi connectivity index (χ2n) is 10.1. The number of aryl methyl sites for hydroxylation is 1. The summed E-state index contributed by atoms with van der Waals surface area (Å²) in [5.74, 6) is -1.21. The maximum Gasteiger partial charge on any atom is 0.407 e. The van der Waals surface area contributed by atoms with E-state index in [0.29, 0.717) is 22.5 Å². The van der Waals surface area contributed by atoms with Gasteiger partial charge in [0.05, 0.1) is 17.1 Å². The molecule has 0 radical (unpaired) electrons. The molecule has 9 heteroatoms. The molecule has 0 bridgehead atoms. The van der Waals surface area contributed by atoms with E-state index in [0.717, 1.165) is 5.56 Å². The molecule has 0 saturated carbocycles. The normalized spacial score (nSPS) is 12.1. The van der Waals surface area contributed by atoms with Crippen molar-refractivity contribution in [2.75, 3.05) is 5.32 Å². The first-order valence-corrected chi connectivity index (χ1v) is 12.5. The molecule has 202 valence electrons. The summed E-state index contributed by atoms with van der Waals surface area (Å²) in [6.45, 7) is 7.32. The number of anilines is 1. The number of aliphatic hydroxyl groups excluding tert-OH is 1. The van der Waals surface area contributed by atoms with Gasteiger partial charge in [-0.05, 0) is 74.7 Å². The van der Waals surface area contributed by atoms with Crippen LogP contribution in [0.25, 0.3) is 5.69 Å². The number of amides is 2. The highest BCUT2D eigenvalue weighted by Gasteiger charge is 2.20. The Morgan fingerprint density at radius 2 is 1.74 bits per heavy atom. The topological polar surface area (TPSA) is 105 Å². The number of halogens is 1. The number of hydrogen-bond donors (Lipinski definition) is 3. The van der Waals surface area contributed by atoms with Gasteiger partial charge < -0.3 is 20.5 Å². The highest BCUT2D eigenvalue weighted by Crippen LogP contribution is 2.26. The Labute approximate surface area is 226 Å². The lowest BCUT2D eigenvalue weighted by atomic mass is 10.0. The average Bonchev–Trinajstić information content (AvgIpc) is 3.30. The minimum atomic E-state index is -0.979. The van der Waals surface area contributed by atoms with Gasteiger partial charge in [0.1, 0.15) is 23.2 Å². The molecular formula is C30H31FN4O4. The van der Waals surface area contributed by atoms with Crippen molar-refractivity contribution in [3.05, 3.63) is 113 Å². The van der Waals surface area contributed by atoms with Crippen LogP contribution in [0, 0.1) is 12.7 Å². The number of hydrogen-bond acceptors (Lipinski definition) is 5. The maximum atomic E-state index is 14.7. The minimum Gasteiger partial charge on any atom is -0.444 e. The van der Waals surface area contributed by atoms with E-state index in [1.54, 1.807) is 76.2 Å². The third kappa shape index (κ3) is 7.08. The van der Waals surface area contributed by atoms with E-state index in [1.165, 1.54) is 22.9 Å². The Morgan fingerprint density at radius 3 is 2.46 bits per heavy atom. The van der Waals surface area contributed by atoms with E-state index >= 15 is 0 Å². The molecule has 4 aromatic rings. The predicted molar refractivity (Wildman–Crippen MR) is 146 cm³/mol. The van der Waals surface area contributed by atoms with Gasteiger partial charge in [-0.3, -0.25) is 4.79 Å². The van der Waals surface area contributed by atoms with Crippen molar-refractivity contribution in [3.8, 4) is 5.69 Å². The van der Waals surface area contributed by atoms with Gasteiger partial charge in [-0.25, -0.2) is 13.9 Å². The van der Waals surface area contributed by atoms with Crippen molar-refractivity contribution in [3.63, 3.8) is 0 Å². The first-order valence-electron chi connectivity index (χ1n) is 12.5. The monoisotopic (exact) mass is 530 g/mol. The van der Waals surface area contributed by atoms with Crippen molar-refractivity contribution < 1.29 is 23.8 Å². The molecule has 1 aromatic heterocycles. The molecule has 0 fully saturated rings. The fraction of sp³-hybridized carbons (Fsp3) is 0.233. The molecular weight excluding hydrogens is 499 g/mol. The minimum absolute atomic E-state index is 0.0619. The second-order valence-corrected chi connectivity index (χ2v) is 10.1. The summed E-state index contributed by atoms with van der Waals surface area (Å²) in [6.07, 6.45) is -1.52. The van der Waals surface area contributed by atoms with Crippen LogP contribution >= 0.6 is 0 Å². The molecule has 1 heterocycles. The number of carbonyl (C=O) groups excluding carboxylic acids is 2. The smallest absolute Gasteiger partial charge is 0.407 e. The molecule has 0 saturated heterocycles. The van der Waals surface area contributed by atoms with E-state index in [9.17, 15) is 19.1 Å². The Kier molecular flexibility index (Phi) is 8.11. The van der Waals surface area contributed by atoms with E-state index in [1.807, 2.05) is 12.1 Å². The van der Waals surface area contributed by atoms with Gasteiger partial charge >= 0.3 is 6.09 Å². The molecule has 4 rings (SSSR count). The summed E-state index contributed by atoms with van der Waals surface area (Å²) in [5, 5.41) is 20.5. The molecule has 1 atom stereocenters. The van der Waals surface area contributed by atoms with E-state index < -0.39 is 29.5 Å². The third-order valence-corrected chi connectivity index (χ3v) is 5.72. The van der Waals surface area contributed by atoms with E-state index in [-0.39, 0.29) is 17.9 Å². The van der Waals surface area contributed by atoms with Crippen LogP contribution in [0.3, 0.4) is 0 Å². The zero-order chi connectivity index (χ0) is 28.2. The highest BCUT2D eigenvalue weighted by molar-refractivity contribution is 6.03. The van der Waals surface area contributed by atoms with Crippen LogP contribution in [0.15, 0.2) is 78.9 Å². The van der Waals surface area contributed by atoms with E-state index in [4.69, 9.17) is 4.74 Å². The summed E-state index contributed by atoms with van der Waals surface area (Å²) >= 11 is 0. The van der Waals surface area contributed by atoms with Gasteiger partial charge in [0.2, 0.25) is 0 Å². The van der Waals surface area contributed by atoms with Gasteiger partial charge in [-0.2, -0.15) is 5.10 Å². The third-order valence-electron chi connectivity index (χ3n) is 5.72. The molecule has 0 aliphatic heterocycles. The first-order chi connectivity index (χ1) is 18.5. The number of aliphatic hydroxyl groups is 1. The Morgan fingerprint density at radius 1 is 1.00 bits per heavy atom. The molecule has 2 amide bonds. The van der Waals surface area contributed by atoms with Crippen LogP contribution in [-0.2, 0) is 11.3 Å². The molecule has 0 aliphatic rings. The second kappa shape index (κ2) is 11.5. The first kappa shape index (κ1) is 27.5. The number of aromatic nitrogens is 2. The maximum absolute atomic E-state index is 14.7. The van der Waals surface area contributed by atoms with Crippen LogP contribution in [0.2, 0.25) is 0 Å². The number of rotatable bonds is 7. The van der Waals surface area contributed by atoms with Crippen molar-refractivity contribution >= 4 is 17.7 Å². The van der Waals surface area contributed by atoms with Gasteiger partial charge in [0, 0.05) is 6.54 Å². The Bertz CT molecular complexity index is 1480. The molecule has 39 heavy (non-hydrogen) atoms. The lowest BCUT2D eigenvalue weighted by Crippen LogP contribution is -2.32. The zero-order valence-electron chi connectivity index (χ0n) is 22.2. The Hall–Kier alpha value is -4.50. The predicted octanol–water partition coefficient (Wildman–Crippen LogP) is 5.68. The van der Waals surface area contributed by atoms with Gasteiger partial charge in [0.25, 0.3) is 5.91 Å². The number of nitrogens with zero attached hydrogens (tertiary/aromatic N) is 2. The summed E-state index contributed by atoms with van der Waals surface area (Å²) in [6, 6.07) is 21.9. The fourth-order valence-electron chi connectivity index (χ4n) is 3.97. The number of benzene rings is 3. The molecule has 3 N–H and O–H groups in total. The van der Waals surface area contributed by atoms with Crippen LogP contribution in [-0.4, -0.2) is 32.5 Å². The average molecular weight is 531 g/mol. The van der Waals surface area contributed by atoms with Gasteiger partial charge in [-0.1, -0.05) is 48.5 Å². The van der Waals surface area contributed by atoms with Crippen LogP contribution in [0.1, 0.15) is 59.7 Å². The standard InChI is InChI=1S/C30H31FN4O4/c1-19-15-26(35(34-19)23-12-8-9-20(16-23)18-32-29(38)39-30(2,3)4)28(37)33-25-17-22(13-14-24(25)31)27(36)21-10-6-5-7-11-21/h5-17,27,36H,18H2,1-4H3,(H,32,38)(H,33,37). The molecule has 1 unspecified atom stereocenters. The van der Waals surface area contributed by atoms with E-state index in [2.05, 4.69) is 15.7 Å². The lowest BCUT2D eigenvalue weighted by molar-refractivity contribution is 0.0523. The van der Waals surface area contributed by atoms with Crippen LogP contribution < -0.4 is 10.6 Å². The van der Waals surface area contributed by atoms with Gasteiger partial charge in [-0.15, -0.1) is 0 Å².